The molecule has 0 amide bonds. The summed E-state index contributed by atoms with van der Waals surface area (Å²) in [5.74, 6) is 0.938. The lowest BCUT2D eigenvalue weighted by atomic mass is 9.96. The zero-order valence-electron chi connectivity index (χ0n) is 20.5. The third kappa shape index (κ3) is 8.56. The van der Waals surface area contributed by atoms with Gasteiger partial charge in [0, 0.05) is 12.8 Å². The maximum atomic E-state index is 12.5. The molecule has 0 aliphatic rings. The van der Waals surface area contributed by atoms with Crippen LogP contribution in [0.25, 0.3) is 0 Å². The molecule has 2 radical (unpaired) electrons. The molecule has 0 aliphatic heterocycles. The van der Waals surface area contributed by atoms with Crippen molar-refractivity contribution in [3.05, 3.63) is 35.3 Å². The topological polar surface area (TPSA) is 71.1 Å². The highest BCUT2D eigenvalue weighted by atomic mass is 16.6. The molecule has 0 aromatic heterocycles. The Morgan fingerprint density at radius 3 is 1.78 bits per heavy atom. The van der Waals surface area contributed by atoms with E-state index in [-0.39, 0.29) is 11.9 Å². The van der Waals surface area contributed by atoms with E-state index in [0.29, 0.717) is 36.5 Å². The van der Waals surface area contributed by atoms with E-state index in [1.54, 1.807) is 7.11 Å². The quantitative estimate of drug-likeness (QED) is 0.207. The predicted molar refractivity (Wildman–Crippen MR) is 125 cm³/mol. The molecule has 6 heteroatoms. The third-order valence-electron chi connectivity index (χ3n) is 5.49. The van der Waals surface area contributed by atoms with Crippen LogP contribution in [0.15, 0.2) is 11.6 Å². The van der Waals surface area contributed by atoms with Crippen molar-refractivity contribution in [3.63, 3.8) is 0 Å². The molecule has 178 valence electrons. The minimum Gasteiger partial charge on any atom is -0.492 e. The van der Waals surface area contributed by atoms with Crippen LogP contribution >= 0.6 is 0 Å². The van der Waals surface area contributed by atoms with Crippen LogP contribution in [0, 0.1) is 20.8 Å². The highest BCUT2D eigenvalue weighted by Gasteiger charge is 2.23. The first kappa shape index (κ1) is 27.5. The first-order valence-corrected chi connectivity index (χ1v) is 11.2. The Morgan fingerprint density at radius 2 is 1.28 bits per heavy atom. The van der Waals surface area contributed by atoms with Gasteiger partial charge in [-0.25, -0.2) is 0 Å². The first-order valence-electron chi connectivity index (χ1n) is 11.2. The Bertz CT molecular complexity index is 790. The van der Waals surface area contributed by atoms with Gasteiger partial charge >= 0.3 is 11.9 Å². The third-order valence-corrected chi connectivity index (χ3v) is 5.49. The number of hydrogen-bond acceptors (Lipinski definition) is 6. The molecule has 0 atom stereocenters. The number of hydrogen-bond donors (Lipinski definition) is 0. The molecule has 0 heterocycles. The average molecular weight is 447 g/mol. The van der Waals surface area contributed by atoms with Crippen LogP contribution in [-0.2, 0) is 20.7 Å². The summed E-state index contributed by atoms with van der Waals surface area (Å²) in [5, 5.41) is 0. The van der Waals surface area contributed by atoms with E-state index in [0.717, 1.165) is 60.8 Å². The summed E-state index contributed by atoms with van der Waals surface area (Å²) in [5.41, 5.74) is 3.51. The van der Waals surface area contributed by atoms with Crippen LogP contribution in [0.2, 0.25) is 0 Å². The zero-order chi connectivity index (χ0) is 24.1. The lowest BCUT2D eigenvalue weighted by molar-refractivity contribution is -0.140. The van der Waals surface area contributed by atoms with Gasteiger partial charge in [0.2, 0.25) is 5.75 Å². The van der Waals surface area contributed by atoms with Crippen LogP contribution in [0.3, 0.4) is 0 Å². The summed E-state index contributed by atoms with van der Waals surface area (Å²) < 4.78 is 21.5. The molecule has 0 bridgehead atoms. The van der Waals surface area contributed by atoms with Crippen molar-refractivity contribution in [2.24, 2.45) is 0 Å². The van der Waals surface area contributed by atoms with Crippen molar-refractivity contribution >= 4 is 11.9 Å². The van der Waals surface area contributed by atoms with E-state index in [4.69, 9.17) is 21.1 Å². The second kappa shape index (κ2) is 14.5. The van der Waals surface area contributed by atoms with Crippen LogP contribution in [0.1, 0.15) is 75.0 Å². The Morgan fingerprint density at radius 1 is 0.781 bits per heavy atom. The van der Waals surface area contributed by atoms with Gasteiger partial charge in [-0.05, 0) is 63.6 Å². The Balaban J connectivity index is 2.71. The average Bonchev–Trinajstić information content (AvgIpc) is 2.76. The summed E-state index contributed by atoms with van der Waals surface area (Å²) in [6.45, 7) is 11.5. The predicted octanol–water partition coefficient (Wildman–Crippen LogP) is 5.72. The second-order valence-corrected chi connectivity index (χ2v) is 7.95. The van der Waals surface area contributed by atoms with Gasteiger partial charge in [-0.3, -0.25) is 9.59 Å². The van der Waals surface area contributed by atoms with Crippen molar-refractivity contribution in [1.82, 2.24) is 0 Å². The van der Waals surface area contributed by atoms with E-state index in [1.165, 1.54) is 14.2 Å². The number of carbonyl (C=O) groups excluding carboxylic acids is 2. The number of unbranched alkanes of at least 4 members (excludes halogenated alkanes) is 5. The molecule has 0 unspecified atom stereocenters. The molecule has 1 rings (SSSR count). The molecule has 1 aromatic rings. The molecule has 0 fully saturated rings. The minimum absolute atomic E-state index is 0.163. The minimum atomic E-state index is -0.292. The standard InChI is InChI=1S/C26H38O6/c1-18(2)16-17-21-19(3)24(30-6)26(31-7)25(20(21)4)32-23(28)15-13-11-9-8-10-12-14-22(27)29-5/h1,16H,8-15,17H2,2-7H3/b18-16-. The maximum Gasteiger partial charge on any atom is 0.311 e. The molecule has 0 N–H and O–H groups in total. The summed E-state index contributed by atoms with van der Waals surface area (Å²) in [7, 11) is 4.52. The first-order chi connectivity index (χ1) is 15.3. The molecule has 0 saturated heterocycles. The Kier molecular flexibility index (Phi) is 12.5. The molecule has 6 nitrogen and oxygen atoms in total. The fourth-order valence-corrected chi connectivity index (χ4v) is 3.64. The van der Waals surface area contributed by atoms with Crippen LogP contribution in [-0.4, -0.2) is 33.3 Å². The number of ether oxygens (including phenoxy) is 4. The van der Waals surface area contributed by atoms with Gasteiger partial charge in [0.15, 0.2) is 11.5 Å². The Hall–Kier alpha value is -2.50. The van der Waals surface area contributed by atoms with Crippen molar-refractivity contribution in [3.8, 4) is 17.2 Å². The number of methoxy groups -OCH3 is 3. The molecular weight excluding hydrogens is 408 g/mol. The number of benzene rings is 1. The normalized spacial score (nSPS) is 11.3. The maximum absolute atomic E-state index is 12.5. The monoisotopic (exact) mass is 446 g/mol. The van der Waals surface area contributed by atoms with Gasteiger partial charge < -0.3 is 18.9 Å². The number of carbonyl (C=O) groups is 2. The van der Waals surface area contributed by atoms with Crippen molar-refractivity contribution in [2.75, 3.05) is 21.3 Å². The van der Waals surface area contributed by atoms with Crippen molar-refractivity contribution in [2.45, 2.75) is 78.6 Å². The molecule has 32 heavy (non-hydrogen) atoms. The summed E-state index contributed by atoms with van der Waals surface area (Å²) in [4.78, 5) is 23.6. The van der Waals surface area contributed by atoms with Crippen molar-refractivity contribution in [1.29, 1.82) is 0 Å². The van der Waals surface area contributed by atoms with Crippen LogP contribution in [0.5, 0.6) is 17.2 Å². The number of esters is 2. The number of allylic oxidation sites excluding steroid dienone is 2. The van der Waals surface area contributed by atoms with E-state index in [2.05, 4.69) is 4.74 Å². The van der Waals surface area contributed by atoms with Gasteiger partial charge in [-0.2, -0.15) is 0 Å². The lowest BCUT2D eigenvalue weighted by Crippen LogP contribution is -2.12. The van der Waals surface area contributed by atoms with E-state index < -0.39 is 0 Å². The van der Waals surface area contributed by atoms with Crippen molar-refractivity contribution < 1.29 is 28.5 Å². The highest BCUT2D eigenvalue weighted by molar-refractivity contribution is 5.76. The lowest BCUT2D eigenvalue weighted by Gasteiger charge is -2.21. The van der Waals surface area contributed by atoms with Gasteiger partial charge in [-0.1, -0.05) is 37.3 Å². The Labute approximate surface area is 193 Å². The van der Waals surface area contributed by atoms with Gasteiger partial charge in [0.05, 0.1) is 21.3 Å². The molecule has 0 spiro atoms. The SMILES string of the molecule is [CH]/C(C)=C/Cc1c(C)c(OC)c(OC)c(OC(=O)CCCCCCCCC(=O)OC)c1C. The van der Waals surface area contributed by atoms with E-state index in [1.807, 2.05) is 26.8 Å². The molecule has 0 saturated carbocycles. The molecule has 1 aromatic carbocycles. The van der Waals surface area contributed by atoms with E-state index >= 15 is 0 Å². The second-order valence-electron chi connectivity index (χ2n) is 7.95. The van der Waals surface area contributed by atoms with Gasteiger partial charge in [0.25, 0.3) is 0 Å². The fraction of sp³-hybridized carbons (Fsp3) is 0.577. The molecule has 0 aliphatic carbocycles. The van der Waals surface area contributed by atoms with Crippen LogP contribution in [0.4, 0.5) is 0 Å². The van der Waals surface area contributed by atoms with E-state index in [9.17, 15) is 9.59 Å². The summed E-state index contributed by atoms with van der Waals surface area (Å²) >= 11 is 0. The highest BCUT2D eigenvalue weighted by Crippen LogP contribution is 2.45. The fourth-order valence-electron chi connectivity index (χ4n) is 3.64. The summed E-state index contributed by atoms with van der Waals surface area (Å²) in [6.07, 6.45) is 8.90. The number of rotatable bonds is 14. The van der Waals surface area contributed by atoms with Gasteiger partial charge in [0.1, 0.15) is 0 Å². The largest absolute Gasteiger partial charge is 0.492 e. The smallest absolute Gasteiger partial charge is 0.311 e. The molecular formula is C26H38O6. The van der Waals surface area contributed by atoms with Crippen LogP contribution < -0.4 is 14.2 Å². The van der Waals surface area contributed by atoms with Gasteiger partial charge in [-0.15, -0.1) is 0 Å². The zero-order valence-corrected chi connectivity index (χ0v) is 20.5. The summed E-state index contributed by atoms with van der Waals surface area (Å²) in [6, 6.07) is 0.